The van der Waals surface area contributed by atoms with E-state index >= 15 is 0 Å². The molecule has 8 N–H and O–H groups in total. The number of imidazole rings is 1. The highest BCUT2D eigenvalue weighted by Gasteiger charge is 2.44. The smallest absolute Gasteiger partial charge is 0.246 e. The number of aliphatic hydroxyl groups is 2. The molecule has 0 aliphatic carbocycles. The van der Waals surface area contributed by atoms with Gasteiger partial charge in [-0.15, -0.1) is 11.3 Å². The normalized spacial score (nSPS) is 14.9. The second-order valence-electron chi connectivity index (χ2n) is 20.7. The molecule has 4 amide bonds. The van der Waals surface area contributed by atoms with Gasteiger partial charge in [0.1, 0.15) is 34.4 Å². The fourth-order valence-electron chi connectivity index (χ4n) is 8.53. The van der Waals surface area contributed by atoms with Crippen LogP contribution in [0.25, 0.3) is 33.0 Å². The molecule has 1 fully saturated rings. The molecule has 1 aliphatic rings. The highest BCUT2D eigenvalue weighted by molar-refractivity contribution is 7.13. The minimum Gasteiger partial charge on any atom is -0.490 e. The van der Waals surface area contributed by atoms with Crippen LogP contribution in [0.1, 0.15) is 90.6 Å². The Kier molecular flexibility index (Phi) is 24.1. The van der Waals surface area contributed by atoms with E-state index in [1.807, 2.05) is 69.0 Å². The number of carbonyl (C=O) groups is 4. The summed E-state index contributed by atoms with van der Waals surface area (Å²) in [5.41, 5.74) is 10.6. The van der Waals surface area contributed by atoms with Crippen LogP contribution in [-0.4, -0.2) is 178 Å². The third-order valence-electron chi connectivity index (χ3n) is 12.6. The lowest BCUT2D eigenvalue weighted by Gasteiger charge is -2.35. The zero-order valence-electron chi connectivity index (χ0n) is 46.9. The van der Waals surface area contributed by atoms with Crippen LogP contribution in [0.2, 0.25) is 0 Å². The standard InChI is InChI=1S/C55H78N12O12S/c1-8-66-47-42(33-59-40(16-18-55(6,7)73)45(47)63-51(66)46-50(56)65-79-64-46)78-22-10-20-57-19-9-11-43(69)58-21-24-75-26-28-77-30-29-76-27-25-74-23-17-44(70)62-49(54(3,4)5)53(72)67-34-39(68)31-41(67)52(71)60-32-37-12-14-38(15-13-37)48-36(2)61-35-80-48/h12-15,33,35,39,41,49,57,68,73H,8-11,17,19-32,34H2,1-7H3,(H2,56,65)(H,58,69)(H,60,71)(H,62,70). The number of pyridine rings is 1. The third kappa shape index (κ3) is 19.0. The van der Waals surface area contributed by atoms with Gasteiger partial charge in [0, 0.05) is 45.4 Å². The van der Waals surface area contributed by atoms with Crippen LogP contribution in [0.15, 0.2) is 40.6 Å². The fraction of sp³-hybridized carbons (Fsp3) is 0.582. The van der Waals surface area contributed by atoms with Crippen molar-refractivity contribution in [3.8, 4) is 39.5 Å². The maximum Gasteiger partial charge on any atom is 0.246 e. The Hall–Kier alpha value is -6.63. The quantitative estimate of drug-likeness (QED) is 0.0240. The van der Waals surface area contributed by atoms with E-state index in [1.165, 1.54) is 4.90 Å². The minimum absolute atomic E-state index is 0.0134. The number of ether oxygens (including phenoxy) is 5. The van der Waals surface area contributed by atoms with Crippen LogP contribution in [-0.2, 0) is 51.2 Å². The summed E-state index contributed by atoms with van der Waals surface area (Å²) in [6, 6.07) is 6.03. The largest absolute Gasteiger partial charge is 0.490 e. The van der Waals surface area contributed by atoms with Crippen LogP contribution >= 0.6 is 11.3 Å². The minimum atomic E-state index is -1.23. The van der Waals surface area contributed by atoms with Crippen LogP contribution in [0, 0.1) is 24.2 Å². The van der Waals surface area contributed by atoms with Crippen LogP contribution in [0.3, 0.4) is 0 Å². The zero-order valence-corrected chi connectivity index (χ0v) is 47.7. The van der Waals surface area contributed by atoms with Crippen molar-refractivity contribution in [2.24, 2.45) is 5.41 Å². The number of benzene rings is 1. The van der Waals surface area contributed by atoms with Gasteiger partial charge in [-0.3, -0.25) is 19.2 Å². The van der Waals surface area contributed by atoms with Gasteiger partial charge in [0.25, 0.3) is 0 Å². The van der Waals surface area contributed by atoms with Crippen LogP contribution in [0.5, 0.6) is 5.75 Å². The number of aryl methyl sites for hydroxylation is 2. The molecule has 1 saturated heterocycles. The molecule has 3 atom stereocenters. The van der Waals surface area contributed by atoms with Crippen LogP contribution < -0.4 is 31.7 Å². The van der Waals surface area contributed by atoms with Crippen molar-refractivity contribution in [2.75, 3.05) is 91.4 Å². The number of thiazole rings is 1. The molecule has 5 aromatic rings. The number of aromatic nitrogens is 6. The second kappa shape index (κ2) is 30.8. The number of nitrogens with two attached hydrogens (primary N) is 1. The van der Waals surface area contributed by atoms with E-state index < -0.39 is 35.1 Å². The number of hydrogen-bond donors (Lipinski definition) is 7. The zero-order chi connectivity index (χ0) is 57.7. The first kappa shape index (κ1) is 62.6. The van der Waals surface area contributed by atoms with Gasteiger partial charge < -0.3 is 70.4 Å². The third-order valence-corrected chi connectivity index (χ3v) is 13.6. The topological polar surface area (TPSA) is 315 Å². The maximum absolute atomic E-state index is 13.9. The number of amides is 4. The van der Waals surface area contributed by atoms with E-state index in [0.717, 1.165) is 21.7 Å². The van der Waals surface area contributed by atoms with Gasteiger partial charge in [0.15, 0.2) is 23.1 Å². The number of likely N-dealkylation sites (tertiary alicyclic amines) is 1. The predicted octanol–water partition coefficient (Wildman–Crippen LogP) is 3.16. The SMILES string of the molecule is CCn1c(-c2nonc2N)nc2c(C#CC(C)(C)O)ncc(OCCCNCCCC(=O)NCCOCCOCCOCCOCCC(=O)NC(C(=O)N3CC(O)CC3C(=O)NCc3ccc(-c4scnc4C)cc3)C(C)(C)C)c21. The molecule has 436 valence electrons. The predicted molar refractivity (Wildman–Crippen MR) is 299 cm³/mol. The number of nitrogens with zero attached hydrogens (tertiary/aromatic N) is 7. The van der Waals surface area contributed by atoms with Gasteiger partial charge >= 0.3 is 0 Å². The Balaban J connectivity index is 0.749. The van der Waals surface area contributed by atoms with Crippen molar-refractivity contribution in [3.05, 3.63) is 52.9 Å². The molecule has 24 nitrogen and oxygen atoms in total. The summed E-state index contributed by atoms with van der Waals surface area (Å²) < 4.78 is 35.2. The van der Waals surface area contributed by atoms with E-state index in [1.54, 1.807) is 31.4 Å². The Morgan fingerprint density at radius 2 is 1.56 bits per heavy atom. The first-order chi connectivity index (χ1) is 38.3. The summed E-state index contributed by atoms with van der Waals surface area (Å²) >= 11 is 1.57. The number of fused-ring (bicyclic) bond motifs is 1. The van der Waals surface area contributed by atoms with Crippen molar-refractivity contribution >= 4 is 51.8 Å². The number of carbonyl (C=O) groups excluding carboxylic acids is 4. The average Bonchev–Trinajstić information content (AvgIpc) is 4.31. The first-order valence-electron chi connectivity index (χ1n) is 27.0. The lowest BCUT2D eigenvalue weighted by molar-refractivity contribution is -0.144. The molecule has 25 heteroatoms. The lowest BCUT2D eigenvalue weighted by atomic mass is 9.85. The lowest BCUT2D eigenvalue weighted by Crippen LogP contribution is -2.57. The number of nitrogen functional groups attached to an aromatic ring is 1. The van der Waals surface area contributed by atoms with E-state index in [0.29, 0.717) is 120 Å². The molecule has 6 rings (SSSR count). The molecular weight excluding hydrogens is 1050 g/mol. The molecule has 3 unspecified atom stereocenters. The Morgan fingerprint density at radius 1 is 0.875 bits per heavy atom. The molecular formula is C55H78N12O12S. The number of β-amino-alcohol motifs (C(OH)–C–C–N with tert-alkyl or cyclic N) is 1. The molecule has 0 bridgehead atoms. The first-order valence-corrected chi connectivity index (χ1v) is 27.9. The summed E-state index contributed by atoms with van der Waals surface area (Å²) in [7, 11) is 0. The molecule has 5 heterocycles. The van der Waals surface area contributed by atoms with Gasteiger partial charge in [-0.2, -0.15) is 0 Å². The molecule has 0 radical (unpaired) electrons. The van der Waals surface area contributed by atoms with Gasteiger partial charge in [-0.1, -0.05) is 51.0 Å². The Bertz CT molecular complexity index is 2850. The monoisotopic (exact) mass is 1130 g/mol. The number of nitrogens with one attached hydrogen (secondary N) is 4. The van der Waals surface area contributed by atoms with E-state index in [-0.39, 0.29) is 68.4 Å². The Morgan fingerprint density at radius 3 is 2.20 bits per heavy atom. The maximum atomic E-state index is 13.9. The number of rotatable bonds is 32. The van der Waals surface area contributed by atoms with Gasteiger partial charge in [-0.25, -0.2) is 19.6 Å². The summed E-state index contributed by atoms with van der Waals surface area (Å²) in [5, 5.41) is 40.3. The molecule has 1 aliphatic heterocycles. The molecule has 0 spiro atoms. The number of hydrogen-bond acceptors (Lipinski definition) is 20. The molecule has 4 aromatic heterocycles. The molecule has 80 heavy (non-hydrogen) atoms. The average molecular weight is 1130 g/mol. The van der Waals surface area contributed by atoms with Gasteiger partial charge in [0.2, 0.25) is 23.6 Å². The van der Waals surface area contributed by atoms with Gasteiger partial charge in [-0.05, 0) is 86.4 Å². The number of anilines is 1. The molecule has 0 saturated carbocycles. The van der Waals surface area contributed by atoms with E-state index in [2.05, 4.69) is 53.4 Å². The summed E-state index contributed by atoms with van der Waals surface area (Å²) in [5.74, 6) is 5.50. The van der Waals surface area contributed by atoms with Crippen molar-refractivity contribution in [1.29, 1.82) is 0 Å². The highest BCUT2D eigenvalue weighted by Crippen LogP contribution is 2.34. The van der Waals surface area contributed by atoms with Crippen LogP contribution in [0.4, 0.5) is 5.82 Å². The second-order valence-corrected chi connectivity index (χ2v) is 21.6. The highest BCUT2D eigenvalue weighted by atomic mass is 32.1. The number of aliphatic hydroxyl groups excluding tert-OH is 1. The van der Waals surface area contributed by atoms with Gasteiger partial charge in [0.05, 0.1) is 87.8 Å². The Labute approximate surface area is 470 Å². The summed E-state index contributed by atoms with van der Waals surface area (Å²) in [4.78, 5) is 68.7. The van der Waals surface area contributed by atoms with Crippen molar-refractivity contribution in [1.82, 2.24) is 56.0 Å². The fourth-order valence-corrected chi connectivity index (χ4v) is 9.34. The van der Waals surface area contributed by atoms with E-state index in [9.17, 15) is 29.4 Å². The van der Waals surface area contributed by atoms with E-state index in [4.69, 9.17) is 39.0 Å². The van der Waals surface area contributed by atoms with Crippen molar-refractivity contribution < 1.29 is 57.7 Å². The van der Waals surface area contributed by atoms with Crippen molar-refractivity contribution in [3.63, 3.8) is 0 Å². The summed E-state index contributed by atoms with van der Waals surface area (Å²) in [6.45, 7) is 17.9. The summed E-state index contributed by atoms with van der Waals surface area (Å²) in [6.07, 6.45) is 2.55. The molecule has 1 aromatic carbocycles. The van der Waals surface area contributed by atoms with Crippen molar-refractivity contribution in [2.45, 2.75) is 117 Å².